The zero-order valence-corrected chi connectivity index (χ0v) is 16.1. The van der Waals surface area contributed by atoms with Gasteiger partial charge < -0.3 is 19.8 Å². The summed E-state index contributed by atoms with van der Waals surface area (Å²) in [7, 11) is 0. The summed E-state index contributed by atoms with van der Waals surface area (Å²) < 4.78 is 10.4. The lowest BCUT2D eigenvalue weighted by Crippen LogP contribution is -2.29. The summed E-state index contributed by atoms with van der Waals surface area (Å²) in [5.41, 5.74) is 1.61. The second-order valence-corrected chi connectivity index (χ2v) is 6.31. The summed E-state index contributed by atoms with van der Waals surface area (Å²) in [6.45, 7) is 2.52. The molecule has 0 aliphatic heterocycles. The van der Waals surface area contributed by atoms with Gasteiger partial charge in [0.25, 0.3) is 11.8 Å². The van der Waals surface area contributed by atoms with E-state index >= 15 is 0 Å². The lowest BCUT2D eigenvalue weighted by molar-refractivity contribution is -0.402. The Kier molecular flexibility index (Phi) is 6.43. The van der Waals surface area contributed by atoms with Gasteiger partial charge >= 0.3 is 5.88 Å². The van der Waals surface area contributed by atoms with Gasteiger partial charge in [0, 0.05) is 0 Å². The van der Waals surface area contributed by atoms with Crippen LogP contribution >= 0.6 is 0 Å². The van der Waals surface area contributed by atoms with Crippen LogP contribution in [0.2, 0.25) is 0 Å². The van der Waals surface area contributed by atoms with Crippen molar-refractivity contribution in [3.63, 3.8) is 0 Å². The topological polar surface area (TPSA) is 124 Å². The van der Waals surface area contributed by atoms with Gasteiger partial charge in [-0.25, -0.2) is 0 Å². The van der Waals surface area contributed by atoms with Crippen molar-refractivity contribution in [2.45, 2.75) is 6.92 Å². The number of nitrogens with one attached hydrogen (secondary N) is 2. The van der Waals surface area contributed by atoms with Gasteiger partial charge in [-0.05, 0) is 37.3 Å². The number of ether oxygens (including phenoxy) is 1. The van der Waals surface area contributed by atoms with E-state index in [2.05, 4.69) is 10.6 Å². The minimum Gasteiger partial charge on any atom is -0.492 e. The lowest BCUT2D eigenvalue weighted by Gasteiger charge is -2.11. The predicted molar refractivity (Wildman–Crippen MR) is 109 cm³/mol. The van der Waals surface area contributed by atoms with Crippen LogP contribution in [0.3, 0.4) is 0 Å². The fraction of sp³-hybridized carbons (Fsp3) is 0.143. The molecule has 0 bridgehead atoms. The molecule has 2 N–H and O–H groups in total. The number of rotatable bonds is 8. The molecular formula is C21H19N3O6. The molecule has 0 saturated heterocycles. The van der Waals surface area contributed by atoms with Gasteiger partial charge in [0.05, 0.1) is 23.9 Å². The Morgan fingerprint density at radius 1 is 1.03 bits per heavy atom. The summed E-state index contributed by atoms with van der Waals surface area (Å²) >= 11 is 0. The number of para-hydroxylation sites is 1. The summed E-state index contributed by atoms with van der Waals surface area (Å²) in [4.78, 5) is 34.7. The molecule has 1 aromatic heterocycles. The van der Waals surface area contributed by atoms with Crippen LogP contribution < -0.4 is 15.4 Å². The first-order valence-electron chi connectivity index (χ1n) is 9.06. The van der Waals surface area contributed by atoms with Crippen molar-refractivity contribution in [2.24, 2.45) is 0 Å². The number of hydrogen-bond donors (Lipinski definition) is 2. The van der Waals surface area contributed by atoms with E-state index in [1.807, 2.05) is 31.2 Å². The molecule has 2 amide bonds. The number of carbonyl (C=O) groups excluding carboxylic acids is 2. The Hall–Kier alpha value is -4.14. The summed E-state index contributed by atoms with van der Waals surface area (Å²) in [6.07, 6.45) is 0. The molecule has 3 aromatic rings. The molecule has 30 heavy (non-hydrogen) atoms. The highest BCUT2D eigenvalue weighted by Gasteiger charge is 2.19. The van der Waals surface area contributed by atoms with Gasteiger partial charge in [-0.15, -0.1) is 0 Å². The van der Waals surface area contributed by atoms with E-state index in [1.54, 1.807) is 24.3 Å². The summed E-state index contributed by atoms with van der Waals surface area (Å²) in [5, 5.41) is 15.9. The molecule has 0 spiro atoms. The average molecular weight is 409 g/mol. The first-order chi connectivity index (χ1) is 14.4. The van der Waals surface area contributed by atoms with Crippen molar-refractivity contribution in [1.29, 1.82) is 0 Å². The first-order valence-corrected chi connectivity index (χ1v) is 9.06. The molecule has 0 fully saturated rings. The number of nitro groups is 1. The molecule has 1 heterocycles. The number of nitrogens with zero attached hydrogens (tertiary/aromatic N) is 1. The number of benzene rings is 2. The molecule has 3 rings (SSSR count). The normalized spacial score (nSPS) is 10.3. The fourth-order valence-corrected chi connectivity index (χ4v) is 2.59. The number of hydrogen-bond acceptors (Lipinski definition) is 6. The number of aryl methyl sites for hydroxylation is 1. The molecule has 0 radical (unpaired) electrons. The third kappa shape index (κ3) is 5.22. The molecule has 2 aromatic carbocycles. The Bertz CT molecular complexity index is 1060. The highest BCUT2D eigenvalue weighted by atomic mass is 16.6. The largest absolute Gasteiger partial charge is 0.492 e. The predicted octanol–water partition coefficient (Wildman–Crippen LogP) is 3.56. The quantitative estimate of drug-likeness (QED) is 0.333. The highest BCUT2D eigenvalue weighted by Crippen LogP contribution is 2.19. The van der Waals surface area contributed by atoms with E-state index in [9.17, 15) is 19.7 Å². The van der Waals surface area contributed by atoms with Gasteiger partial charge in [-0.2, -0.15) is 0 Å². The molecule has 9 nitrogen and oxygen atoms in total. The van der Waals surface area contributed by atoms with Crippen molar-refractivity contribution in [3.8, 4) is 5.75 Å². The van der Waals surface area contributed by atoms with Crippen molar-refractivity contribution in [1.82, 2.24) is 5.32 Å². The minimum absolute atomic E-state index is 0.233. The third-order valence-corrected chi connectivity index (χ3v) is 4.09. The molecule has 9 heteroatoms. The number of carbonyl (C=O) groups is 2. The SMILES string of the molecule is Cc1ccc(OCCNC(=O)c2ccccc2NC(=O)c2ccc([N+](=O)[O-])o2)cc1. The molecule has 0 unspecified atom stereocenters. The van der Waals surface area contributed by atoms with E-state index < -0.39 is 22.6 Å². The smallest absolute Gasteiger partial charge is 0.433 e. The van der Waals surface area contributed by atoms with Crippen LogP contribution in [0.1, 0.15) is 26.5 Å². The number of amides is 2. The van der Waals surface area contributed by atoms with Gasteiger partial charge in [-0.3, -0.25) is 19.7 Å². The molecular weight excluding hydrogens is 390 g/mol. The van der Waals surface area contributed by atoms with Crippen LogP contribution in [0.15, 0.2) is 65.1 Å². The molecule has 154 valence electrons. The van der Waals surface area contributed by atoms with Gasteiger partial charge in [0.1, 0.15) is 17.3 Å². The van der Waals surface area contributed by atoms with Gasteiger partial charge in [0.15, 0.2) is 5.76 Å². The Labute approximate surface area is 171 Å². The van der Waals surface area contributed by atoms with E-state index in [1.165, 1.54) is 6.07 Å². The summed E-state index contributed by atoms with van der Waals surface area (Å²) in [6, 6.07) is 16.2. The average Bonchev–Trinajstić information content (AvgIpc) is 3.24. The van der Waals surface area contributed by atoms with Crippen LogP contribution in [0, 0.1) is 17.0 Å². The second-order valence-electron chi connectivity index (χ2n) is 6.31. The van der Waals surface area contributed by atoms with E-state index in [0.29, 0.717) is 5.75 Å². The summed E-state index contributed by atoms with van der Waals surface area (Å²) in [5.74, 6) is -1.17. The van der Waals surface area contributed by atoms with Crippen molar-refractivity contribution >= 4 is 23.4 Å². The van der Waals surface area contributed by atoms with Crippen LogP contribution in [0.4, 0.5) is 11.6 Å². The Balaban J connectivity index is 1.58. The Morgan fingerprint density at radius 2 is 1.77 bits per heavy atom. The zero-order valence-electron chi connectivity index (χ0n) is 16.1. The van der Waals surface area contributed by atoms with Gasteiger partial charge in [-0.1, -0.05) is 29.8 Å². The zero-order chi connectivity index (χ0) is 21.5. The molecule has 0 atom stereocenters. The monoisotopic (exact) mass is 409 g/mol. The van der Waals surface area contributed by atoms with E-state index in [-0.39, 0.29) is 30.2 Å². The maximum absolute atomic E-state index is 12.5. The third-order valence-electron chi connectivity index (χ3n) is 4.09. The van der Waals surface area contributed by atoms with Crippen LogP contribution in [0.25, 0.3) is 0 Å². The van der Waals surface area contributed by atoms with E-state index in [0.717, 1.165) is 11.6 Å². The van der Waals surface area contributed by atoms with Gasteiger partial charge in [0.2, 0.25) is 0 Å². The molecule has 0 saturated carbocycles. The van der Waals surface area contributed by atoms with Crippen molar-refractivity contribution in [3.05, 3.63) is 87.7 Å². The van der Waals surface area contributed by atoms with Crippen LogP contribution in [0.5, 0.6) is 5.75 Å². The number of anilines is 1. The highest BCUT2D eigenvalue weighted by molar-refractivity contribution is 6.07. The fourth-order valence-electron chi connectivity index (χ4n) is 2.59. The maximum atomic E-state index is 12.5. The van der Waals surface area contributed by atoms with Crippen LogP contribution in [-0.2, 0) is 0 Å². The molecule has 0 aliphatic carbocycles. The number of furan rings is 1. The first kappa shape index (κ1) is 20.6. The van der Waals surface area contributed by atoms with E-state index in [4.69, 9.17) is 9.15 Å². The van der Waals surface area contributed by atoms with Crippen LogP contribution in [-0.4, -0.2) is 29.9 Å². The lowest BCUT2D eigenvalue weighted by atomic mass is 10.1. The standard InChI is InChI=1S/C21H19N3O6/c1-14-6-8-15(9-7-14)29-13-12-22-20(25)16-4-2-3-5-17(16)23-21(26)18-10-11-19(30-18)24(27)28/h2-11H,12-13H2,1H3,(H,22,25)(H,23,26). The minimum atomic E-state index is -0.739. The molecule has 0 aliphatic rings. The van der Waals surface area contributed by atoms with Crippen molar-refractivity contribution in [2.75, 3.05) is 18.5 Å². The maximum Gasteiger partial charge on any atom is 0.433 e. The Morgan fingerprint density at radius 3 is 2.47 bits per heavy atom. The van der Waals surface area contributed by atoms with Crippen molar-refractivity contribution < 1.29 is 23.7 Å². The second kappa shape index (κ2) is 9.37.